The molecule has 0 heterocycles. The quantitative estimate of drug-likeness (QED) is 0.598. The summed E-state index contributed by atoms with van der Waals surface area (Å²) >= 11 is 0. The Morgan fingerprint density at radius 3 is 2.60 bits per heavy atom. The van der Waals surface area contributed by atoms with E-state index in [0.29, 0.717) is 18.8 Å². The fourth-order valence-corrected chi connectivity index (χ4v) is 1.81. The van der Waals surface area contributed by atoms with Gasteiger partial charge in [-0.2, -0.15) is 0 Å². The molecule has 1 fully saturated rings. The molecular formula is C11H22N2O2. The first-order valence-electron chi connectivity index (χ1n) is 5.72. The van der Waals surface area contributed by atoms with E-state index in [1.165, 1.54) is 0 Å². The van der Waals surface area contributed by atoms with Gasteiger partial charge in [0.25, 0.3) is 0 Å². The normalized spacial score (nSPS) is 21.9. The molecule has 4 N–H and O–H groups in total. The predicted octanol–water partition coefficient (Wildman–Crippen LogP) is 0.389. The van der Waals surface area contributed by atoms with Gasteiger partial charge in [0.05, 0.1) is 6.10 Å². The third-order valence-corrected chi connectivity index (χ3v) is 2.75. The molecule has 0 bridgehead atoms. The topological polar surface area (TPSA) is 75.3 Å². The van der Waals surface area contributed by atoms with Gasteiger partial charge in [-0.05, 0) is 39.0 Å². The maximum atomic E-state index is 11.5. The Kier molecular flexibility index (Phi) is 4.54. The Hall–Kier alpha value is -0.610. The van der Waals surface area contributed by atoms with Gasteiger partial charge in [0.15, 0.2) is 0 Å². The van der Waals surface area contributed by atoms with Gasteiger partial charge in [-0.25, -0.2) is 0 Å². The molecule has 1 aliphatic carbocycles. The summed E-state index contributed by atoms with van der Waals surface area (Å²) in [5, 5.41) is 12.0. The summed E-state index contributed by atoms with van der Waals surface area (Å²) in [7, 11) is 0. The van der Waals surface area contributed by atoms with Crippen LogP contribution in [-0.2, 0) is 4.79 Å². The molecule has 15 heavy (non-hydrogen) atoms. The van der Waals surface area contributed by atoms with Gasteiger partial charge in [0.1, 0.15) is 0 Å². The Labute approximate surface area is 91.2 Å². The molecule has 0 saturated heterocycles. The molecule has 0 aliphatic heterocycles. The van der Waals surface area contributed by atoms with Gasteiger partial charge in [0, 0.05) is 18.5 Å². The van der Waals surface area contributed by atoms with E-state index in [0.717, 1.165) is 12.8 Å². The Bertz CT molecular complexity index is 215. The van der Waals surface area contributed by atoms with E-state index in [-0.39, 0.29) is 24.1 Å². The number of nitrogens with one attached hydrogen (secondary N) is 1. The zero-order chi connectivity index (χ0) is 11.4. The molecular weight excluding hydrogens is 192 g/mol. The summed E-state index contributed by atoms with van der Waals surface area (Å²) in [4.78, 5) is 11.5. The summed E-state index contributed by atoms with van der Waals surface area (Å²) < 4.78 is 0. The molecule has 3 atom stereocenters. The number of hydrogen-bond acceptors (Lipinski definition) is 3. The SMILES string of the molecule is CC(O)CC(C)NC(=O)CC(N)C1CC1. The largest absolute Gasteiger partial charge is 0.393 e. The lowest BCUT2D eigenvalue weighted by Gasteiger charge is -2.17. The van der Waals surface area contributed by atoms with Crippen LogP contribution < -0.4 is 11.1 Å². The zero-order valence-corrected chi connectivity index (χ0v) is 9.57. The second-order valence-electron chi connectivity index (χ2n) is 4.76. The highest BCUT2D eigenvalue weighted by atomic mass is 16.3. The first-order chi connectivity index (χ1) is 6.99. The molecule has 0 radical (unpaired) electrons. The molecule has 88 valence electrons. The summed E-state index contributed by atoms with van der Waals surface area (Å²) in [5.41, 5.74) is 5.85. The van der Waals surface area contributed by atoms with Crippen molar-refractivity contribution in [2.75, 3.05) is 0 Å². The maximum absolute atomic E-state index is 11.5. The molecule has 4 nitrogen and oxygen atoms in total. The summed E-state index contributed by atoms with van der Waals surface area (Å²) in [6, 6.07) is 0.0349. The zero-order valence-electron chi connectivity index (χ0n) is 9.57. The van der Waals surface area contributed by atoms with Crippen molar-refractivity contribution in [2.45, 2.75) is 57.7 Å². The van der Waals surface area contributed by atoms with Gasteiger partial charge >= 0.3 is 0 Å². The first-order valence-corrected chi connectivity index (χ1v) is 5.72. The highest BCUT2D eigenvalue weighted by Gasteiger charge is 2.29. The van der Waals surface area contributed by atoms with Crippen molar-refractivity contribution < 1.29 is 9.90 Å². The average Bonchev–Trinajstić information content (AvgIpc) is 2.82. The number of carbonyl (C=O) groups is 1. The second-order valence-corrected chi connectivity index (χ2v) is 4.76. The van der Waals surface area contributed by atoms with Crippen molar-refractivity contribution >= 4 is 5.91 Å². The van der Waals surface area contributed by atoms with Crippen LogP contribution >= 0.6 is 0 Å². The van der Waals surface area contributed by atoms with Gasteiger partial charge in [-0.3, -0.25) is 4.79 Å². The average molecular weight is 214 g/mol. The van der Waals surface area contributed by atoms with Crippen molar-refractivity contribution in [3.63, 3.8) is 0 Å². The van der Waals surface area contributed by atoms with E-state index >= 15 is 0 Å². The number of hydrogen-bond donors (Lipinski definition) is 3. The second kappa shape index (κ2) is 5.47. The molecule has 1 amide bonds. The number of aliphatic hydroxyl groups is 1. The Morgan fingerprint density at radius 2 is 2.13 bits per heavy atom. The van der Waals surface area contributed by atoms with E-state index < -0.39 is 0 Å². The Balaban J connectivity index is 2.16. The van der Waals surface area contributed by atoms with Crippen LogP contribution in [0.4, 0.5) is 0 Å². The van der Waals surface area contributed by atoms with Gasteiger partial charge in [-0.15, -0.1) is 0 Å². The molecule has 4 heteroatoms. The molecule has 1 rings (SSSR count). The van der Waals surface area contributed by atoms with Crippen molar-refractivity contribution in [1.29, 1.82) is 0 Å². The molecule has 1 saturated carbocycles. The molecule has 0 spiro atoms. The van der Waals surface area contributed by atoms with E-state index in [2.05, 4.69) is 5.32 Å². The van der Waals surface area contributed by atoms with Crippen LogP contribution in [0.5, 0.6) is 0 Å². The minimum Gasteiger partial charge on any atom is -0.393 e. The van der Waals surface area contributed by atoms with E-state index in [4.69, 9.17) is 10.8 Å². The van der Waals surface area contributed by atoms with Crippen LogP contribution in [-0.4, -0.2) is 29.2 Å². The molecule has 1 aliphatic rings. The first kappa shape index (κ1) is 12.5. The molecule has 3 unspecified atom stereocenters. The summed E-state index contributed by atoms with van der Waals surface area (Å²) in [6.45, 7) is 3.62. The smallest absolute Gasteiger partial charge is 0.221 e. The number of rotatable bonds is 6. The van der Waals surface area contributed by atoms with Crippen molar-refractivity contribution in [2.24, 2.45) is 11.7 Å². The van der Waals surface area contributed by atoms with Crippen LogP contribution in [0.3, 0.4) is 0 Å². The summed E-state index contributed by atoms with van der Waals surface area (Å²) in [5.74, 6) is 0.561. The van der Waals surface area contributed by atoms with E-state index in [1.54, 1.807) is 6.92 Å². The van der Waals surface area contributed by atoms with Gasteiger partial charge in [-0.1, -0.05) is 0 Å². The van der Waals surface area contributed by atoms with E-state index in [9.17, 15) is 4.79 Å². The minimum atomic E-state index is -0.377. The standard InChI is InChI=1S/C11H22N2O2/c1-7(5-8(2)14)13-11(15)6-10(12)9-3-4-9/h7-10,14H,3-6,12H2,1-2H3,(H,13,15). The number of amides is 1. The fraction of sp³-hybridized carbons (Fsp3) is 0.909. The third-order valence-electron chi connectivity index (χ3n) is 2.75. The van der Waals surface area contributed by atoms with Crippen LogP contribution in [0, 0.1) is 5.92 Å². The van der Waals surface area contributed by atoms with Crippen LogP contribution in [0.25, 0.3) is 0 Å². The van der Waals surface area contributed by atoms with Crippen LogP contribution in [0.15, 0.2) is 0 Å². The van der Waals surface area contributed by atoms with Crippen molar-refractivity contribution in [1.82, 2.24) is 5.32 Å². The van der Waals surface area contributed by atoms with Gasteiger partial charge in [0.2, 0.25) is 5.91 Å². The van der Waals surface area contributed by atoms with Crippen molar-refractivity contribution in [3.05, 3.63) is 0 Å². The van der Waals surface area contributed by atoms with Crippen LogP contribution in [0.2, 0.25) is 0 Å². The highest BCUT2D eigenvalue weighted by Crippen LogP contribution is 2.32. The third kappa shape index (κ3) is 5.14. The number of nitrogens with two attached hydrogens (primary N) is 1. The van der Waals surface area contributed by atoms with Crippen LogP contribution in [0.1, 0.15) is 39.5 Å². The lowest BCUT2D eigenvalue weighted by Crippen LogP contribution is -2.38. The lowest BCUT2D eigenvalue weighted by molar-refractivity contribution is -0.122. The fourth-order valence-electron chi connectivity index (χ4n) is 1.81. The number of aliphatic hydroxyl groups excluding tert-OH is 1. The maximum Gasteiger partial charge on any atom is 0.221 e. The molecule has 0 aromatic rings. The van der Waals surface area contributed by atoms with E-state index in [1.807, 2.05) is 6.92 Å². The molecule has 0 aromatic carbocycles. The summed E-state index contributed by atoms with van der Waals surface area (Å²) in [6.07, 6.45) is 2.95. The number of carbonyl (C=O) groups excluding carboxylic acids is 1. The minimum absolute atomic E-state index is 0.00236. The molecule has 0 aromatic heterocycles. The van der Waals surface area contributed by atoms with Crippen molar-refractivity contribution in [3.8, 4) is 0 Å². The monoisotopic (exact) mass is 214 g/mol. The van der Waals surface area contributed by atoms with Gasteiger partial charge < -0.3 is 16.2 Å². The predicted molar refractivity (Wildman–Crippen MR) is 59.2 cm³/mol. The lowest BCUT2D eigenvalue weighted by atomic mass is 10.1. The highest BCUT2D eigenvalue weighted by molar-refractivity contribution is 5.76. The Morgan fingerprint density at radius 1 is 1.53 bits per heavy atom.